The second-order valence-electron chi connectivity index (χ2n) is 5.77. The molecule has 0 saturated carbocycles. The molecule has 2 N–H and O–H groups in total. The van der Waals surface area contributed by atoms with E-state index >= 15 is 0 Å². The summed E-state index contributed by atoms with van der Waals surface area (Å²) in [5.41, 5.74) is 0.923. The van der Waals surface area contributed by atoms with E-state index in [4.69, 9.17) is 4.98 Å². The van der Waals surface area contributed by atoms with Crippen molar-refractivity contribution < 1.29 is 0 Å². The van der Waals surface area contributed by atoms with E-state index < -0.39 is 0 Å². The van der Waals surface area contributed by atoms with E-state index in [1.54, 1.807) is 12.4 Å². The molecule has 1 saturated heterocycles. The fourth-order valence-electron chi connectivity index (χ4n) is 3.07. The molecule has 3 atom stereocenters. The van der Waals surface area contributed by atoms with Crippen LogP contribution in [-0.4, -0.2) is 52.6 Å². The zero-order valence-corrected chi connectivity index (χ0v) is 12.3. The number of hydrogen-bond acceptors (Lipinski definition) is 7. The maximum absolute atomic E-state index is 4.73. The SMILES string of the molecule is C1=CN2N=CC(c3cncc(N[C@@H]4CCCNC4)n3)C2C=N1. The van der Waals surface area contributed by atoms with Gasteiger partial charge in [-0.1, -0.05) is 0 Å². The fourth-order valence-corrected chi connectivity index (χ4v) is 3.07. The molecule has 1 aromatic rings. The van der Waals surface area contributed by atoms with Crippen LogP contribution in [0.3, 0.4) is 0 Å². The summed E-state index contributed by atoms with van der Waals surface area (Å²) in [7, 11) is 0. The molecule has 0 radical (unpaired) electrons. The maximum atomic E-state index is 4.73. The van der Waals surface area contributed by atoms with Crippen molar-refractivity contribution in [3.8, 4) is 0 Å². The van der Waals surface area contributed by atoms with E-state index in [0.717, 1.165) is 31.0 Å². The largest absolute Gasteiger partial charge is 0.365 e. The summed E-state index contributed by atoms with van der Waals surface area (Å²) < 4.78 is 0. The van der Waals surface area contributed by atoms with Crippen molar-refractivity contribution in [2.75, 3.05) is 18.4 Å². The molecule has 4 heterocycles. The van der Waals surface area contributed by atoms with Crippen LogP contribution in [0.1, 0.15) is 24.5 Å². The summed E-state index contributed by atoms with van der Waals surface area (Å²) in [4.78, 5) is 13.3. The Morgan fingerprint density at radius 3 is 3.18 bits per heavy atom. The minimum atomic E-state index is 0.0902. The summed E-state index contributed by atoms with van der Waals surface area (Å²) >= 11 is 0. The fraction of sp³-hybridized carbons (Fsp3) is 0.467. The van der Waals surface area contributed by atoms with Gasteiger partial charge in [-0.15, -0.1) is 0 Å². The number of nitrogens with zero attached hydrogens (tertiary/aromatic N) is 5. The van der Waals surface area contributed by atoms with Gasteiger partial charge < -0.3 is 10.6 Å². The van der Waals surface area contributed by atoms with E-state index in [2.05, 4.69) is 25.7 Å². The van der Waals surface area contributed by atoms with Crippen LogP contribution in [0.4, 0.5) is 5.82 Å². The minimum Gasteiger partial charge on any atom is -0.365 e. The number of aromatic nitrogens is 2. The summed E-state index contributed by atoms with van der Waals surface area (Å²) in [5, 5.41) is 13.2. The lowest BCUT2D eigenvalue weighted by atomic mass is 9.99. The third kappa shape index (κ3) is 2.59. The molecule has 114 valence electrons. The zero-order valence-electron chi connectivity index (χ0n) is 12.3. The van der Waals surface area contributed by atoms with Crippen LogP contribution >= 0.6 is 0 Å². The van der Waals surface area contributed by atoms with Gasteiger partial charge in [0.15, 0.2) is 0 Å². The molecule has 3 aliphatic heterocycles. The highest BCUT2D eigenvalue weighted by Crippen LogP contribution is 2.27. The monoisotopic (exact) mass is 297 g/mol. The summed E-state index contributed by atoms with van der Waals surface area (Å²) in [6.45, 7) is 2.08. The van der Waals surface area contributed by atoms with Gasteiger partial charge in [-0.25, -0.2) is 4.98 Å². The number of fused-ring (bicyclic) bond motifs is 1. The van der Waals surface area contributed by atoms with E-state index in [1.807, 2.05) is 29.8 Å². The number of anilines is 1. The topological polar surface area (TPSA) is 77.8 Å². The molecule has 0 amide bonds. The van der Waals surface area contributed by atoms with Crippen molar-refractivity contribution in [1.82, 2.24) is 20.3 Å². The second kappa shape index (κ2) is 5.84. The highest BCUT2D eigenvalue weighted by Gasteiger charge is 2.32. The van der Waals surface area contributed by atoms with Crippen LogP contribution in [0.5, 0.6) is 0 Å². The Hall–Kier alpha value is -2.28. The van der Waals surface area contributed by atoms with Crippen LogP contribution in [0.2, 0.25) is 0 Å². The highest BCUT2D eigenvalue weighted by atomic mass is 15.5. The molecule has 1 fully saturated rings. The molecule has 1 aromatic heterocycles. The van der Waals surface area contributed by atoms with Crippen LogP contribution in [0.25, 0.3) is 0 Å². The van der Waals surface area contributed by atoms with Gasteiger partial charge in [0, 0.05) is 43.6 Å². The predicted molar refractivity (Wildman–Crippen MR) is 86.0 cm³/mol. The van der Waals surface area contributed by atoms with Gasteiger partial charge in [-0.2, -0.15) is 5.10 Å². The molecular weight excluding hydrogens is 278 g/mol. The first-order valence-electron chi connectivity index (χ1n) is 7.72. The Balaban J connectivity index is 1.51. The molecule has 7 heteroatoms. The molecule has 0 spiro atoms. The molecule has 4 rings (SSSR count). The van der Waals surface area contributed by atoms with E-state index in [9.17, 15) is 0 Å². The van der Waals surface area contributed by atoms with Crippen molar-refractivity contribution >= 4 is 18.2 Å². The third-order valence-electron chi connectivity index (χ3n) is 4.22. The number of aliphatic imine (C=N–C) groups is 1. The van der Waals surface area contributed by atoms with Crippen molar-refractivity contribution in [1.29, 1.82) is 0 Å². The van der Waals surface area contributed by atoms with Gasteiger partial charge in [-0.3, -0.25) is 15.0 Å². The highest BCUT2D eigenvalue weighted by molar-refractivity contribution is 5.81. The molecule has 3 aliphatic rings. The molecule has 0 bridgehead atoms. The summed E-state index contributed by atoms with van der Waals surface area (Å²) in [5.74, 6) is 0.925. The number of rotatable bonds is 3. The van der Waals surface area contributed by atoms with Gasteiger partial charge in [-0.05, 0) is 19.4 Å². The Kier molecular flexibility index (Phi) is 3.56. The first-order chi connectivity index (χ1) is 10.9. The molecule has 7 nitrogen and oxygen atoms in total. The lowest BCUT2D eigenvalue weighted by Crippen LogP contribution is -2.38. The third-order valence-corrected chi connectivity index (χ3v) is 4.22. The quantitative estimate of drug-likeness (QED) is 0.868. The van der Waals surface area contributed by atoms with Crippen molar-refractivity contribution in [3.05, 3.63) is 30.5 Å². The summed E-state index contributed by atoms with van der Waals surface area (Å²) in [6, 6.07) is 0.525. The average molecular weight is 297 g/mol. The van der Waals surface area contributed by atoms with Crippen LogP contribution in [-0.2, 0) is 0 Å². The number of hydrogen-bond donors (Lipinski definition) is 2. The van der Waals surface area contributed by atoms with Crippen LogP contribution in [0, 0.1) is 0 Å². The Labute approximate surface area is 129 Å². The van der Waals surface area contributed by atoms with Gasteiger partial charge >= 0.3 is 0 Å². The van der Waals surface area contributed by atoms with Gasteiger partial charge in [0.05, 0.1) is 17.8 Å². The van der Waals surface area contributed by atoms with Gasteiger partial charge in [0.2, 0.25) is 0 Å². The second-order valence-corrected chi connectivity index (χ2v) is 5.77. The van der Waals surface area contributed by atoms with Gasteiger partial charge in [0.25, 0.3) is 0 Å². The van der Waals surface area contributed by atoms with Crippen molar-refractivity contribution in [2.45, 2.75) is 30.8 Å². The van der Waals surface area contributed by atoms with Gasteiger partial charge in [0.1, 0.15) is 11.9 Å². The molecular formula is C15H19N7. The normalized spacial score (nSPS) is 29.6. The van der Waals surface area contributed by atoms with E-state index in [-0.39, 0.29) is 12.0 Å². The number of hydrazone groups is 1. The molecule has 2 unspecified atom stereocenters. The first-order valence-corrected chi connectivity index (χ1v) is 7.72. The van der Waals surface area contributed by atoms with Crippen molar-refractivity contribution in [2.24, 2.45) is 10.1 Å². The lowest BCUT2D eigenvalue weighted by Gasteiger charge is -2.25. The lowest BCUT2D eigenvalue weighted by molar-refractivity contribution is 0.371. The summed E-state index contributed by atoms with van der Waals surface area (Å²) in [6.07, 6.45) is 13.4. The van der Waals surface area contributed by atoms with E-state index in [0.29, 0.717) is 6.04 Å². The Morgan fingerprint density at radius 2 is 2.27 bits per heavy atom. The van der Waals surface area contributed by atoms with Crippen molar-refractivity contribution in [3.63, 3.8) is 0 Å². The minimum absolute atomic E-state index is 0.0902. The Bertz CT molecular complexity index is 618. The Morgan fingerprint density at radius 1 is 1.27 bits per heavy atom. The first kappa shape index (κ1) is 13.4. The average Bonchev–Trinajstić information content (AvgIpc) is 3.00. The smallest absolute Gasteiger partial charge is 0.145 e. The van der Waals surface area contributed by atoms with Crippen LogP contribution < -0.4 is 10.6 Å². The van der Waals surface area contributed by atoms with E-state index in [1.165, 1.54) is 6.42 Å². The molecule has 0 aliphatic carbocycles. The molecule has 0 aromatic carbocycles. The standard InChI is InChI=1S/C15H19N7/c1-2-11(6-16-3-1)20-15-10-18-8-13(21-15)12-7-19-22-5-4-17-9-14(12)22/h4-5,7-12,14,16H,1-3,6H2,(H,20,21)/t11-,12?,14?/m1/s1. The maximum Gasteiger partial charge on any atom is 0.145 e. The predicted octanol–water partition coefficient (Wildman–Crippen LogP) is 0.950. The molecule has 22 heavy (non-hydrogen) atoms. The van der Waals surface area contributed by atoms with Crippen LogP contribution in [0.15, 0.2) is 34.9 Å². The zero-order chi connectivity index (χ0) is 14.8. The number of piperidine rings is 1. The number of nitrogens with one attached hydrogen (secondary N) is 2.